The van der Waals surface area contributed by atoms with Crippen molar-refractivity contribution in [1.82, 2.24) is 9.55 Å². The fourth-order valence-corrected chi connectivity index (χ4v) is 4.59. The van der Waals surface area contributed by atoms with E-state index in [0.29, 0.717) is 12.5 Å². The topological polar surface area (TPSA) is 64.4 Å². The molecule has 0 bridgehead atoms. The zero-order valence-electron chi connectivity index (χ0n) is 18.1. The number of anilines is 1. The Bertz CT molecular complexity index is 1090. The number of carbonyl (C=O) groups excluding carboxylic acids is 2. The normalized spacial score (nSPS) is 18.3. The van der Waals surface area contributed by atoms with E-state index in [4.69, 9.17) is 9.72 Å². The second-order valence-corrected chi connectivity index (χ2v) is 8.44. The minimum atomic E-state index is -0.956. The summed E-state index contributed by atoms with van der Waals surface area (Å²) in [6, 6.07) is 15.3. The first-order valence-electron chi connectivity index (χ1n) is 10.7. The molecule has 1 amide bonds. The molecule has 0 saturated carbocycles. The molecule has 0 spiro atoms. The number of ether oxygens (including phenoxy) is 1. The van der Waals surface area contributed by atoms with Gasteiger partial charge < -0.3 is 9.30 Å². The Labute approximate surface area is 186 Å². The smallest absolute Gasteiger partial charge is 0.321 e. The minimum absolute atomic E-state index is 0.229. The summed E-state index contributed by atoms with van der Waals surface area (Å²) >= 11 is 1.65. The molecule has 0 N–H and O–H groups in total. The number of aromatic nitrogens is 2. The second-order valence-electron chi connectivity index (χ2n) is 7.56. The van der Waals surface area contributed by atoms with Crippen LogP contribution in [0.5, 0.6) is 0 Å². The largest absolute Gasteiger partial charge is 0.465 e. The van der Waals surface area contributed by atoms with Gasteiger partial charge in [-0.05, 0) is 49.4 Å². The van der Waals surface area contributed by atoms with Crippen molar-refractivity contribution in [2.24, 2.45) is 5.92 Å². The van der Waals surface area contributed by atoms with Crippen LogP contribution in [0.3, 0.4) is 0 Å². The molecule has 1 aliphatic heterocycles. The Morgan fingerprint density at radius 3 is 2.55 bits per heavy atom. The van der Waals surface area contributed by atoms with Crippen LogP contribution >= 0.6 is 11.8 Å². The van der Waals surface area contributed by atoms with Gasteiger partial charge in [0.2, 0.25) is 11.9 Å². The van der Waals surface area contributed by atoms with Crippen LogP contribution in [0.15, 0.2) is 53.4 Å². The van der Waals surface area contributed by atoms with Gasteiger partial charge in [0.15, 0.2) is 5.92 Å². The van der Waals surface area contributed by atoms with Crippen molar-refractivity contribution in [2.75, 3.05) is 24.3 Å². The summed E-state index contributed by atoms with van der Waals surface area (Å²) in [5, 5.41) is 0. The predicted octanol–water partition coefficient (Wildman–Crippen LogP) is 4.67. The SMILES string of the molecule is CCCCN1C(=O)[C@@H](C(=O)OCC)[C@@H](c2ccc(SC)cc2)n2c1nc1ccccc12. The third-order valence-electron chi connectivity index (χ3n) is 5.68. The monoisotopic (exact) mass is 437 g/mol. The molecule has 0 aliphatic carbocycles. The first-order valence-corrected chi connectivity index (χ1v) is 11.9. The van der Waals surface area contributed by atoms with E-state index >= 15 is 0 Å². The summed E-state index contributed by atoms with van der Waals surface area (Å²) in [4.78, 5) is 34.3. The summed E-state index contributed by atoms with van der Waals surface area (Å²) in [7, 11) is 0. The van der Waals surface area contributed by atoms with Gasteiger partial charge in [-0.2, -0.15) is 0 Å². The Balaban J connectivity index is 1.95. The molecule has 162 valence electrons. The standard InChI is InChI=1S/C24H27N3O3S/c1-4-6-15-26-22(28)20(23(29)30-5-2)21(16-11-13-17(31-3)14-12-16)27-19-10-8-7-9-18(19)25-24(26)27/h7-14,20-21H,4-6,15H2,1-3H3/t20-,21+/m0/s1. The van der Waals surface area contributed by atoms with Crippen LogP contribution in [0.1, 0.15) is 38.3 Å². The molecular weight excluding hydrogens is 410 g/mol. The molecular formula is C24H27N3O3S. The van der Waals surface area contributed by atoms with Crippen molar-refractivity contribution in [2.45, 2.75) is 37.6 Å². The summed E-state index contributed by atoms with van der Waals surface area (Å²) < 4.78 is 7.42. The number of fused-ring (bicyclic) bond motifs is 3. The number of rotatable bonds is 7. The molecule has 2 heterocycles. The molecule has 6 nitrogen and oxygen atoms in total. The zero-order valence-corrected chi connectivity index (χ0v) is 18.9. The van der Waals surface area contributed by atoms with Crippen molar-refractivity contribution in [3.05, 3.63) is 54.1 Å². The van der Waals surface area contributed by atoms with Crippen molar-refractivity contribution in [1.29, 1.82) is 0 Å². The maximum atomic E-state index is 13.7. The first kappa shape index (κ1) is 21.4. The molecule has 1 aliphatic rings. The number of esters is 1. The molecule has 0 fully saturated rings. The highest BCUT2D eigenvalue weighted by Crippen LogP contribution is 2.41. The van der Waals surface area contributed by atoms with E-state index in [2.05, 4.69) is 6.92 Å². The molecule has 4 rings (SSSR count). The summed E-state index contributed by atoms with van der Waals surface area (Å²) in [5.41, 5.74) is 2.60. The number of para-hydroxylation sites is 2. The van der Waals surface area contributed by atoms with Crippen LogP contribution in [-0.4, -0.2) is 40.8 Å². The van der Waals surface area contributed by atoms with Gasteiger partial charge in [-0.25, -0.2) is 4.98 Å². The van der Waals surface area contributed by atoms with Gasteiger partial charge in [0, 0.05) is 11.4 Å². The van der Waals surface area contributed by atoms with Crippen LogP contribution in [0, 0.1) is 5.92 Å². The second kappa shape index (κ2) is 9.14. The lowest BCUT2D eigenvalue weighted by atomic mass is 9.89. The molecule has 2 atom stereocenters. The van der Waals surface area contributed by atoms with Crippen molar-refractivity contribution < 1.29 is 14.3 Å². The highest BCUT2D eigenvalue weighted by molar-refractivity contribution is 7.98. The van der Waals surface area contributed by atoms with E-state index in [1.165, 1.54) is 0 Å². The summed E-state index contributed by atoms with van der Waals surface area (Å²) in [6.07, 6.45) is 3.79. The van der Waals surface area contributed by atoms with Gasteiger partial charge >= 0.3 is 5.97 Å². The van der Waals surface area contributed by atoms with E-state index in [1.807, 2.05) is 59.4 Å². The third-order valence-corrected chi connectivity index (χ3v) is 6.42. The zero-order chi connectivity index (χ0) is 22.0. The molecule has 0 radical (unpaired) electrons. The van der Waals surface area contributed by atoms with Crippen LogP contribution in [-0.2, 0) is 14.3 Å². The molecule has 1 aromatic heterocycles. The first-order chi connectivity index (χ1) is 15.1. The summed E-state index contributed by atoms with van der Waals surface area (Å²) in [6.45, 7) is 4.59. The lowest BCUT2D eigenvalue weighted by molar-refractivity contribution is -0.153. The maximum Gasteiger partial charge on any atom is 0.321 e. The number of carbonyl (C=O) groups is 2. The van der Waals surface area contributed by atoms with Gasteiger partial charge in [-0.15, -0.1) is 11.8 Å². The Hall–Kier alpha value is -2.80. The van der Waals surface area contributed by atoms with E-state index < -0.39 is 17.9 Å². The van der Waals surface area contributed by atoms with E-state index in [1.54, 1.807) is 23.6 Å². The number of hydrogen-bond donors (Lipinski definition) is 0. The molecule has 0 saturated heterocycles. The van der Waals surface area contributed by atoms with Gasteiger partial charge in [0.05, 0.1) is 23.7 Å². The highest BCUT2D eigenvalue weighted by Gasteiger charge is 2.47. The lowest BCUT2D eigenvalue weighted by Crippen LogP contribution is -2.50. The molecule has 2 aromatic carbocycles. The number of hydrogen-bond acceptors (Lipinski definition) is 5. The lowest BCUT2D eigenvalue weighted by Gasteiger charge is -2.38. The number of imidazole rings is 1. The molecule has 0 unspecified atom stereocenters. The van der Waals surface area contributed by atoms with Gasteiger partial charge in [-0.3, -0.25) is 14.5 Å². The van der Waals surface area contributed by atoms with Gasteiger partial charge in [0.25, 0.3) is 0 Å². The third kappa shape index (κ3) is 3.83. The van der Waals surface area contributed by atoms with E-state index in [-0.39, 0.29) is 12.5 Å². The number of thioether (sulfide) groups is 1. The van der Waals surface area contributed by atoms with Crippen LogP contribution in [0.2, 0.25) is 0 Å². The summed E-state index contributed by atoms with van der Waals surface area (Å²) in [5.74, 6) is -1.09. The van der Waals surface area contributed by atoms with Crippen molar-refractivity contribution in [3.8, 4) is 0 Å². The van der Waals surface area contributed by atoms with Crippen LogP contribution in [0.25, 0.3) is 11.0 Å². The number of unbranched alkanes of at least 4 members (excludes halogenated alkanes) is 1. The average molecular weight is 438 g/mol. The Kier molecular flexibility index (Phi) is 6.32. The Morgan fingerprint density at radius 1 is 1.13 bits per heavy atom. The number of benzene rings is 2. The molecule has 7 heteroatoms. The van der Waals surface area contributed by atoms with Gasteiger partial charge in [0.1, 0.15) is 0 Å². The molecule has 31 heavy (non-hydrogen) atoms. The van der Waals surface area contributed by atoms with E-state index in [9.17, 15) is 9.59 Å². The quantitative estimate of drug-likeness (QED) is 0.305. The average Bonchev–Trinajstić information content (AvgIpc) is 3.17. The highest BCUT2D eigenvalue weighted by atomic mass is 32.2. The van der Waals surface area contributed by atoms with Crippen molar-refractivity contribution in [3.63, 3.8) is 0 Å². The fourth-order valence-electron chi connectivity index (χ4n) is 4.18. The predicted molar refractivity (Wildman–Crippen MR) is 123 cm³/mol. The number of amides is 1. The fraction of sp³-hybridized carbons (Fsp3) is 0.375. The Morgan fingerprint density at radius 2 is 1.87 bits per heavy atom. The number of nitrogens with zero attached hydrogens (tertiary/aromatic N) is 3. The van der Waals surface area contributed by atoms with E-state index in [0.717, 1.165) is 34.3 Å². The maximum absolute atomic E-state index is 13.7. The van der Waals surface area contributed by atoms with Crippen LogP contribution in [0.4, 0.5) is 5.95 Å². The van der Waals surface area contributed by atoms with Gasteiger partial charge in [-0.1, -0.05) is 37.6 Å². The minimum Gasteiger partial charge on any atom is -0.465 e. The van der Waals surface area contributed by atoms with Crippen LogP contribution < -0.4 is 4.90 Å². The molecule has 3 aromatic rings. The van der Waals surface area contributed by atoms with Crippen molar-refractivity contribution >= 4 is 40.6 Å².